The highest BCUT2D eigenvalue weighted by Gasteiger charge is 2.45. The highest BCUT2D eigenvalue weighted by molar-refractivity contribution is 5.98. The van der Waals surface area contributed by atoms with Gasteiger partial charge in [-0.3, -0.25) is 4.79 Å². The lowest BCUT2D eigenvalue weighted by molar-refractivity contribution is -0.152. The average Bonchev–Trinajstić information content (AvgIpc) is 2.47. The molecule has 0 radical (unpaired) electrons. The van der Waals surface area contributed by atoms with Crippen LogP contribution in [0.4, 0.5) is 0 Å². The van der Waals surface area contributed by atoms with Gasteiger partial charge >= 0.3 is 11.9 Å². The van der Waals surface area contributed by atoms with E-state index in [-0.39, 0.29) is 6.61 Å². The number of allylic oxidation sites excluding steroid dienone is 1. The number of carboxylic acids is 1. The summed E-state index contributed by atoms with van der Waals surface area (Å²) in [4.78, 5) is 24.5. The van der Waals surface area contributed by atoms with Gasteiger partial charge in [0, 0.05) is 0 Å². The molecule has 0 aliphatic heterocycles. The van der Waals surface area contributed by atoms with Crippen LogP contribution in [0, 0.1) is 5.41 Å². The number of carboxylic acid groups (broad SMARTS) is 1. The number of carbonyl (C=O) groups is 2. The molecule has 0 spiro atoms. The van der Waals surface area contributed by atoms with Gasteiger partial charge in [0.1, 0.15) is 0 Å². The number of esters is 1. The smallest absolute Gasteiger partial charge is 0.335 e. The fraction of sp³-hybridized carbons (Fsp3) is 0.765. The fourth-order valence-corrected chi connectivity index (χ4v) is 3.38. The largest absolute Gasteiger partial charge is 0.481 e. The monoisotopic (exact) mass is 296 g/mol. The second-order valence-corrected chi connectivity index (χ2v) is 5.75. The van der Waals surface area contributed by atoms with Crippen LogP contribution < -0.4 is 0 Å². The Hall–Kier alpha value is -1.32. The summed E-state index contributed by atoms with van der Waals surface area (Å²) in [6, 6.07) is 0. The molecule has 1 unspecified atom stereocenters. The van der Waals surface area contributed by atoms with Gasteiger partial charge in [-0.2, -0.15) is 0 Å². The zero-order valence-electron chi connectivity index (χ0n) is 13.5. The molecule has 21 heavy (non-hydrogen) atoms. The third-order valence-corrected chi connectivity index (χ3v) is 4.46. The summed E-state index contributed by atoms with van der Waals surface area (Å²) in [5, 5.41) is 9.83. The van der Waals surface area contributed by atoms with Crippen LogP contribution in [0.5, 0.6) is 0 Å². The molecule has 0 aromatic carbocycles. The highest BCUT2D eigenvalue weighted by atomic mass is 16.5. The molecule has 120 valence electrons. The minimum Gasteiger partial charge on any atom is -0.481 e. The van der Waals surface area contributed by atoms with Crippen molar-refractivity contribution in [1.29, 1.82) is 0 Å². The van der Waals surface area contributed by atoms with Crippen molar-refractivity contribution < 1.29 is 19.4 Å². The average molecular weight is 296 g/mol. The Morgan fingerprint density at radius 2 is 1.76 bits per heavy atom. The third-order valence-electron chi connectivity index (χ3n) is 4.46. The molecular weight excluding hydrogens is 268 g/mol. The first kappa shape index (κ1) is 17.7. The molecule has 0 aromatic heterocycles. The number of hydrogen-bond donors (Lipinski definition) is 1. The van der Waals surface area contributed by atoms with Crippen molar-refractivity contribution >= 4 is 11.9 Å². The van der Waals surface area contributed by atoms with Crippen molar-refractivity contribution in [2.75, 3.05) is 6.61 Å². The molecule has 1 fully saturated rings. The lowest BCUT2D eigenvalue weighted by Gasteiger charge is -2.33. The van der Waals surface area contributed by atoms with Gasteiger partial charge in [0.25, 0.3) is 0 Å². The van der Waals surface area contributed by atoms with Crippen molar-refractivity contribution in [3.8, 4) is 0 Å². The number of hydrogen-bond acceptors (Lipinski definition) is 3. The molecular formula is C17H28O4. The maximum atomic E-state index is 12.5. The standard InChI is InChI=1S/C17H28O4/c1-4-12-17(5-2,16(19)20)14(15(18)21-6-3)13-10-8-7-9-11-13/h4-12H2,1-3H3,(H,19,20). The van der Waals surface area contributed by atoms with Crippen LogP contribution >= 0.6 is 0 Å². The van der Waals surface area contributed by atoms with Crippen LogP contribution in [0.15, 0.2) is 11.1 Å². The van der Waals surface area contributed by atoms with Gasteiger partial charge in [0.2, 0.25) is 0 Å². The molecule has 4 nitrogen and oxygen atoms in total. The zero-order chi connectivity index (χ0) is 15.9. The minimum atomic E-state index is -1.09. The second-order valence-electron chi connectivity index (χ2n) is 5.75. The normalized spacial score (nSPS) is 18.0. The molecule has 0 heterocycles. The lowest BCUT2D eigenvalue weighted by atomic mass is 9.70. The highest BCUT2D eigenvalue weighted by Crippen LogP contribution is 2.42. The number of rotatable bonds is 7. The quantitative estimate of drug-likeness (QED) is 0.567. The van der Waals surface area contributed by atoms with E-state index in [9.17, 15) is 14.7 Å². The molecule has 1 saturated carbocycles. The second kappa shape index (κ2) is 8.20. The van der Waals surface area contributed by atoms with E-state index in [1.165, 1.54) is 0 Å². The van der Waals surface area contributed by atoms with E-state index in [1.54, 1.807) is 6.92 Å². The molecule has 0 saturated heterocycles. The maximum absolute atomic E-state index is 12.5. The molecule has 0 amide bonds. The molecule has 1 N–H and O–H groups in total. The molecule has 0 bridgehead atoms. The van der Waals surface area contributed by atoms with Gasteiger partial charge in [0.15, 0.2) is 0 Å². The Morgan fingerprint density at radius 1 is 1.14 bits per heavy atom. The van der Waals surface area contributed by atoms with Crippen molar-refractivity contribution in [3.05, 3.63) is 11.1 Å². The Labute approximate surface area is 127 Å². The van der Waals surface area contributed by atoms with Gasteiger partial charge in [-0.25, -0.2) is 4.79 Å². The Morgan fingerprint density at radius 3 is 2.19 bits per heavy atom. The van der Waals surface area contributed by atoms with E-state index in [0.717, 1.165) is 44.1 Å². The minimum absolute atomic E-state index is 0.279. The molecule has 1 aliphatic rings. The predicted octanol–water partition coefficient (Wildman–Crippen LogP) is 4.09. The summed E-state index contributed by atoms with van der Waals surface area (Å²) in [6.45, 7) is 5.85. The van der Waals surface area contributed by atoms with Gasteiger partial charge in [-0.15, -0.1) is 0 Å². The van der Waals surface area contributed by atoms with Crippen LogP contribution in [-0.2, 0) is 14.3 Å². The zero-order valence-corrected chi connectivity index (χ0v) is 13.5. The third kappa shape index (κ3) is 3.86. The molecule has 0 aromatic rings. The van der Waals surface area contributed by atoms with E-state index in [0.29, 0.717) is 18.4 Å². The van der Waals surface area contributed by atoms with Gasteiger partial charge in [0.05, 0.1) is 17.6 Å². The first-order valence-electron chi connectivity index (χ1n) is 8.16. The van der Waals surface area contributed by atoms with Crippen molar-refractivity contribution in [1.82, 2.24) is 0 Å². The summed E-state index contributed by atoms with van der Waals surface area (Å²) in [5.74, 6) is -1.32. The van der Waals surface area contributed by atoms with E-state index < -0.39 is 17.4 Å². The van der Waals surface area contributed by atoms with Crippen molar-refractivity contribution in [2.24, 2.45) is 5.41 Å². The van der Waals surface area contributed by atoms with E-state index in [2.05, 4.69) is 0 Å². The Kier molecular flexibility index (Phi) is 6.93. The van der Waals surface area contributed by atoms with Crippen LogP contribution in [0.3, 0.4) is 0 Å². The van der Waals surface area contributed by atoms with Crippen LogP contribution in [0.1, 0.15) is 72.1 Å². The topological polar surface area (TPSA) is 63.6 Å². The number of ether oxygens (including phenoxy) is 1. The van der Waals surface area contributed by atoms with Crippen LogP contribution in [-0.4, -0.2) is 23.7 Å². The van der Waals surface area contributed by atoms with E-state index in [1.807, 2.05) is 13.8 Å². The summed E-state index contributed by atoms with van der Waals surface area (Å²) in [7, 11) is 0. The first-order valence-corrected chi connectivity index (χ1v) is 8.16. The first-order chi connectivity index (χ1) is 10.0. The summed E-state index contributed by atoms with van der Waals surface area (Å²) >= 11 is 0. The molecule has 1 rings (SSSR count). The van der Waals surface area contributed by atoms with E-state index >= 15 is 0 Å². The lowest BCUT2D eigenvalue weighted by Crippen LogP contribution is -2.37. The number of aliphatic carboxylic acids is 1. The van der Waals surface area contributed by atoms with Crippen LogP contribution in [0.2, 0.25) is 0 Å². The SMILES string of the molecule is CCCC(CC)(C(=O)O)C(C(=O)OCC)=C1CCCCC1. The molecule has 1 atom stereocenters. The summed E-state index contributed by atoms with van der Waals surface area (Å²) in [5.41, 5.74) is 0.367. The summed E-state index contributed by atoms with van der Waals surface area (Å²) < 4.78 is 5.20. The van der Waals surface area contributed by atoms with Crippen molar-refractivity contribution in [3.63, 3.8) is 0 Å². The van der Waals surface area contributed by atoms with Crippen molar-refractivity contribution in [2.45, 2.75) is 72.1 Å². The van der Waals surface area contributed by atoms with E-state index in [4.69, 9.17) is 4.74 Å². The number of carbonyl (C=O) groups excluding carboxylic acids is 1. The van der Waals surface area contributed by atoms with Crippen LogP contribution in [0.25, 0.3) is 0 Å². The van der Waals surface area contributed by atoms with Gasteiger partial charge in [-0.1, -0.05) is 32.3 Å². The Balaban J connectivity index is 3.37. The fourth-order valence-electron chi connectivity index (χ4n) is 3.38. The Bertz CT molecular complexity index is 403. The van der Waals surface area contributed by atoms with Gasteiger partial charge in [-0.05, 0) is 45.4 Å². The maximum Gasteiger partial charge on any atom is 0.335 e. The van der Waals surface area contributed by atoms with Gasteiger partial charge < -0.3 is 9.84 Å². The predicted molar refractivity (Wildman–Crippen MR) is 82.0 cm³/mol. The molecule has 4 heteroatoms. The molecule has 1 aliphatic carbocycles. The summed E-state index contributed by atoms with van der Waals surface area (Å²) in [6.07, 6.45) is 6.51.